The molecule has 264 valence electrons. The minimum absolute atomic E-state index is 0.785. The molecule has 0 aromatic carbocycles. The van der Waals surface area contributed by atoms with Gasteiger partial charge in [0.05, 0.1) is 33.0 Å². The maximum atomic E-state index is 11.1. The zero-order valence-corrected chi connectivity index (χ0v) is 23.6. The molecule has 0 spiro atoms. The van der Waals surface area contributed by atoms with Gasteiger partial charge >= 0.3 is 0 Å². The fourth-order valence-corrected chi connectivity index (χ4v) is 5.62. The largest absolute Gasteiger partial charge is 0.394 e. The predicted octanol–water partition coefficient (Wildman–Crippen LogP) is -9.75. The van der Waals surface area contributed by atoms with E-state index < -0.39 is 149 Å². The molecule has 0 saturated carbocycles. The first-order valence-corrected chi connectivity index (χ1v) is 14.0. The van der Waals surface area contributed by atoms with Gasteiger partial charge in [0.2, 0.25) is 11.6 Å². The van der Waals surface area contributed by atoms with Gasteiger partial charge in [0.25, 0.3) is 0 Å². The van der Waals surface area contributed by atoms with Crippen LogP contribution in [0.5, 0.6) is 0 Å². The zero-order valence-electron chi connectivity index (χ0n) is 23.6. The van der Waals surface area contributed by atoms with Crippen LogP contribution in [0.4, 0.5) is 0 Å². The Morgan fingerprint density at radius 2 is 0.978 bits per heavy atom. The lowest BCUT2D eigenvalue weighted by Crippen LogP contribution is -2.62. The Labute approximate surface area is 254 Å². The van der Waals surface area contributed by atoms with Crippen LogP contribution in [0.25, 0.3) is 0 Å². The number of aliphatic hydroxyl groups excluding tert-OH is 13. The molecular formula is C24H42O21. The van der Waals surface area contributed by atoms with Crippen molar-refractivity contribution in [1.29, 1.82) is 0 Å². The number of ether oxygens (including phenoxy) is 7. The molecule has 0 bridgehead atoms. The number of aliphatic hydroxyl groups is 14. The van der Waals surface area contributed by atoms with Crippen molar-refractivity contribution >= 4 is 0 Å². The van der Waals surface area contributed by atoms with Crippen molar-refractivity contribution < 1.29 is 105 Å². The first-order valence-electron chi connectivity index (χ1n) is 14.0. The van der Waals surface area contributed by atoms with E-state index in [2.05, 4.69) is 0 Å². The highest BCUT2D eigenvalue weighted by atomic mass is 16.8. The van der Waals surface area contributed by atoms with Crippen LogP contribution in [0.1, 0.15) is 0 Å². The van der Waals surface area contributed by atoms with Crippen molar-refractivity contribution in [1.82, 2.24) is 0 Å². The summed E-state index contributed by atoms with van der Waals surface area (Å²) in [4.78, 5) is 0. The molecule has 4 aliphatic heterocycles. The SMILES string of the molecule is OCC1OC(OC2C(CO)OC(CO)(OCC3OC(OC4C(CO)OC(O)(CO)C4O)C(O)C(O)C3O)C2O)C(O)C(O)C1O. The van der Waals surface area contributed by atoms with E-state index in [4.69, 9.17) is 33.2 Å². The topological polar surface area (TPSA) is 348 Å². The fraction of sp³-hybridized carbons (Fsp3) is 1.00. The first-order chi connectivity index (χ1) is 21.2. The van der Waals surface area contributed by atoms with Crippen LogP contribution < -0.4 is 0 Å². The quantitative estimate of drug-likeness (QED) is 0.0919. The van der Waals surface area contributed by atoms with Crippen LogP contribution in [0, 0.1) is 0 Å². The lowest BCUT2D eigenvalue weighted by atomic mass is 9.98. The molecule has 0 amide bonds. The third kappa shape index (κ3) is 6.87. The molecule has 18 unspecified atom stereocenters. The van der Waals surface area contributed by atoms with Crippen molar-refractivity contribution in [2.75, 3.05) is 39.6 Å². The summed E-state index contributed by atoms with van der Waals surface area (Å²) in [5.74, 6) is -4.96. The average molecular weight is 667 g/mol. The van der Waals surface area contributed by atoms with Crippen molar-refractivity contribution in [3.8, 4) is 0 Å². The van der Waals surface area contributed by atoms with Gasteiger partial charge in [0.1, 0.15) is 92.1 Å². The van der Waals surface area contributed by atoms with Crippen LogP contribution >= 0.6 is 0 Å². The van der Waals surface area contributed by atoms with Crippen LogP contribution in [0.3, 0.4) is 0 Å². The van der Waals surface area contributed by atoms with Gasteiger partial charge in [-0.1, -0.05) is 0 Å². The van der Waals surface area contributed by atoms with Gasteiger partial charge in [0, 0.05) is 0 Å². The second kappa shape index (κ2) is 14.7. The van der Waals surface area contributed by atoms with Crippen LogP contribution in [-0.2, 0) is 33.2 Å². The normalized spacial score (nSPS) is 52.4. The maximum absolute atomic E-state index is 11.1. The minimum Gasteiger partial charge on any atom is -0.394 e. The molecule has 21 heteroatoms. The summed E-state index contributed by atoms with van der Waals surface area (Å²) >= 11 is 0. The third-order valence-electron chi connectivity index (χ3n) is 8.37. The van der Waals surface area contributed by atoms with Crippen LogP contribution in [0.2, 0.25) is 0 Å². The molecule has 45 heavy (non-hydrogen) atoms. The predicted molar refractivity (Wildman–Crippen MR) is 134 cm³/mol. The van der Waals surface area contributed by atoms with Crippen LogP contribution in [-0.4, -0.2) is 221 Å². The number of rotatable bonds is 12. The second-order valence-electron chi connectivity index (χ2n) is 11.3. The average Bonchev–Trinajstić information content (AvgIpc) is 3.45. The molecule has 4 fully saturated rings. The Bertz CT molecular complexity index is 947. The Balaban J connectivity index is 1.46. The molecule has 18 atom stereocenters. The summed E-state index contributed by atoms with van der Waals surface area (Å²) in [6, 6.07) is 0. The van der Waals surface area contributed by atoms with Gasteiger partial charge < -0.3 is 105 Å². The van der Waals surface area contributed by atoms with Gasteiger partial charge in [-0.3, -0.25) is 0 Å². The van der Waals surface area contributed by atoms with E-state index in [1.165, 1.54) is 0 Å². The molecule has 0 radical (unpaired) electrons. The molecule has 4 heterocycles. The summed E-state index contributed by atoms with van der Waals surface area (Å²) in [5.41, 5.74) is 0. The fourth-order valence-electron chi connectivity index (χ4n) is 5.62. The van der Waals surface area contributed by atoms with Gasteiger partial charge in [0.15, 0.2) is 12.6 Å². The van der Waals surface area contributed by atoms with Gasteiger partial charge in [-0.25, -0.2) is 0 Å². The van der Waals surface area contributed by atoms with E-state index in [1.54, 1.807) is 0 Å². The monoisotopic (exact) mass is 666 g/mol. The highest BCUT2D eigenvalue weighted by Gasteiger charge is 2.60. The van der Waals surface area contributed by atoms with Crippen LogP contribution in [0.15, 0.2) is 0 Å². The van der Waals surface area contributed by atoms with Crippen molar-refractivity contribution in [3.05, 3.63) is 0 Å². The Morgan fingerprint density at radius 3 is 1.47 bits per heavy atom. The molecule has 21 nitrogen and oxygen atoms in total. The van der Waals surface area contributed by atoms with E-state index in [0.717, 1.165) is 0 Å². The molecule has 4 rings (SSSR count). The van der Waals surface area contributed by atoms with E-state index >= 15 is 0 Å². The molecule has 4 saturated heterocycles. The molecule has 0 aromatic heterocycles. The molecule has 0 aromatic rings. The number of hydrogen-bond donors (Lipinski definition) is 14. The smallest absolute Gasteiger partial charge is 0.221 e. The van der Waals surface area contributed by atoms with Crippen molar-refractivity contribution in [3.63, 3.8) is 0 Å². The van der Waals surface area contributed by atoms with Gasteiger partial charge in [-0.2, -0.15) is 0 Å². The molecule has 0 aliphatic carbocycles. The second-order valence-corrected chi connectivity index (χ2v) is 11.3. The summed E-state index contributed by atoms with van der Waals surface area (Å²) < 4.78 is 37.9. The lowest BCUT2D eigenvalue weighted by Gasteiger charge is -2.42. The van der Waals surface area contributed by atoms with Gasteiger partial charge in [-0.15, -0.1) is 0 Å². The Morgan fingerprint density at radius 1 is 0.511 bits per heavy atom. The van der Waals surface area contributed by atoms with E-state index in [-0.39, 0.29) is 0 Å². The first kappa shape index (κ1) is 37.0. The Kier molecular flexibility index (Phi) is 12.1. The summed E-state index contributed by atoms with van der Waals surface area (Å²) in [5, 5.41) is 142. The number of hydrogen-bond acceptors (Lipinski definition) is 21. The van der Waals surface area contributed by atoms with E-state index in [0.29, 0.717) is 0 Å². The summed E-state index contributed by atoms with van der Waals surface area (Å²) in [6.07, 6.45) is -28.0. The lowest BCUT2D eigenvalue weighted by molar-refractivity contribution is -0.339. The molecular weight excluding hydrogens is 624 g/mol. The van der Waals surface area contributed by atoms with Gasteiger partial charge in [-0.05, 0) is 0 Å². The van der Waals surface area contributed by atoms with Crippen molar-refractivity contribution in [2.24, 2.45) is 0 Å². The zero-order chi connectivity index (χ0) is 33.4. The highest BCUT2D eigenvalue weighted by molar-refractivity contribution is 5.01. The Hall–Kier alpha value is -0.840. The highest BCUT2D eigenvalue weighted by Crippen LogP contribution is 2.38. The maximum Gasteiger partial charge on any atom is 0.221 e. The molecule has 14 N–H and O–H groups in total. The van der Waals surface area contributed by atoms with E-state index in [9.17, 15) is 71.5 Å². The third-order valence-corrected chi connectivity index (χ3v) is 8.37. The summed E-state index contributed by atoms with van der Waals surface area (Å²) in [7, 11) is 0. The van der Waals surface area contributed by atoms with E-state index in [1.807, 2.05) is 0 Å². The molecule has 4 aliphatic rings. The standard InChI is InChI=1S/C24H42O21/c25-1-7-11(30)13(32)15(34)21(40-7)43-18-9(3-27)45-24(6-29,20(18)37)39-4-10-12(31)14(33)16(35)22(41-10)42-17-8(2-26)44-23(38,5-28)19(17)36/h7-22,25-38H,1-6H2. The minimum atomic E-state index is -2.54. The summed E-state index contributed by atoms with van der Waals surface area (Å²) in [6.45, 7) is -5.50. The van der Waals surface area contributed by atoms with Crippen molar-refractivity contribution in [2.45, 2.75) is 110 Å².